The molecule has 5 N–H and O–H groups in total. The minimum Gasteiger partial charge on any atom is -0.394 e. The summed E-state index contributed by atoms with van der Waals surface area (Å²) in [5, 5.41) is 11.6. The number of aliphatic hydroxyl groups excluding tert-OH is 1. The van der Waals surface area contributed by atoms with Gasteiger partial charge in [0.15, 0.2) is 0 Å². The molecule has 7 nitrogen and oxygen atoms in total. The van der Waals surface area contributed by atoms with E-state index in [-0.39, 0.29) is 6.61 Å². The van der Waals surface area contributed by atoms with Crippen molar-refractivity contribution in [3.05, 3.63) is 11.9 Å². The van der Waals surface area contributed by atoms with Gasteiger partial charge in [-0.2, -0.15) is 0 Å². The number of nitrogens with one attached hydrogen (secondary N) is 2. The highest BCUT2D eigenvalue weighted by Gasteiger charge is 1.99. The number of aryl methyl sites for hydroxylation is 1. The maximum atomic E-state index is 8.50. The molecule has 0 aliphatic rings. The van der Waals surface area contributed by atoms with E-state index in [9.17, 15) is 0 Å². The van der Waals surface area contributed by atoms with Crippen LogP contribution in [0.5, 0.6) is 0 Å². The molecule has 0 spiro atoms. The molecule has 0 saturated heterocycles. The third kappa shape index (κ3) is 4.39. The summed E-state index contributed by atoms with van der Waals surface area (Å²) in [7, 11) is 0. The Labute approximate surface area is 94.0 Å². The largest absolute Gasteiger partial charge is 0.394 e. The Morgan fingerprint density at radius 2 is 2.12 bits per heavy atom. The van der Waals surface area contributed by atoms with Crippen LogP contribution in [0.4, 0.5) is 11.6 Å². The number of nitrogens with zero attached hydrogens (tertiary/aromatic N) is 2. The number of hydrogen-bond donors (Lipinski definition) is 4. The number of nitrogens with two attached hydrogens (primary N) is 1. The van der Waals surface area contributed by atoms with Crippen molar-refractivity contribution in [1.82, 2.24) is 9.97 Å². The third-order valence-corrected chi connectivity index (χ3v) is 1.77. The fourth-order valence-corrected chi connectivity index (χ4v) is 1.15. The number of ether oxygens (including phenoxy) is 1. The summed E-state index contributed by atoms with van der Waals surface area (Å²) in [6.07, 6.45) is 0. The first-order chi connectivity index (χ1) is 7.76. The molecule has 0 fully saturated rings. The van der Waals surface area contributed by atoms with Gasteiger partial charge in [-0.25, -0.2) is 15.8 Å². The van der Waals surface area contributed by atoms with Crippen molar-refractivity contribution in [1.29, 1.82) is 0 Å². The molecule has 0 aliphatic heterocycles. The Hall–Kier alpha value is -1.44. The number of nitrogen functional groups attached to an aromatic ring is 1. The molecule has 1 rings (SSSR count). The van der Waals surface area contributed by atoms with Crippen molar-refractivity contribution >= 4 is 11.6 Å². The van der Waals surface area contributed by atoms with E-state index >= 15 is 0 Å². The monoisotopic (exact) mass is 227 g/mol. The van der Waals surface area contributed by atoms with Gasteiger partial charge in [0, 0.05) is 12.6 Å². The van der Waals surface area contributed by atoms with Crippen molar-refractivity contribution in [2.75, 3.05) is 37.1 Å². The highest BCUT2D eigenvalue weighted by Crippen LogP contribution is 2.09. The minimum atomic E-state index is 0.0356. The van der Waals surface area contributed by atoms with Crippen molar-refractivity contribution < 1.29 is 9.84 Å². The zero-order chi connectivity index (χ0) is 11.8. The number of aliphatic hydroxyl groups is 1. The van der Waals surface area contributed by atoms with Gasteiger partial charge in [0.2, 0.25) is 0 Å². The summed E-state index contributed by atoms with van der Waals surface area (Å²) in [6.45, 7) is 3.29. The number of anilines is 2. The molecular weight excluding hydrogens is 210 g/mol. The standard InChI is InChI=1S/C9H17N5O2/c1-7-12-8(6-9(13-7)14-10)11-2-4-16-5-3-15/h6,15H,2-5,10H2,1H3,(H2,11,12,13,14). The third-order valence-electron chi connectivity index (χ3n) is 1.77. The maximum Gasteiger partial charge on any atom is 0.145 e. The van der Waals surface area contributed by atoms with E-state index in [2.05, 4.69) is 20.7 Å². The first-order valence-electron chi connectivity index (χ1n) is 5.01. The van der Waals surface area contributed by atoms with Gasteiger partial charge in [0.25, 0.3) is 0 Å². The van der Waals surface area contributed by atoms with E-state index in [4.69, 9.17) is 15.7 Å². The summed E-state index contributed by atoms with van der Waals surface area (Å²) in [6, 6.07) is 1.71. The summed E-state index contributed by atoms with van der Waals surface area (Å²) in [5.41, 5.74) is 2.46. The molecule has 90 valence electrons. The molecule has 1 aromatic rings. The lowest BCUT2D eigenvalue weighted by atomic mass is 10.5. The quantitative estimate of drug-likeness (QED) is 0.282. The topological polar surface area (TPSA) is 105 Å². The van der Waals surface area contributed by atoms with E-state index in [0.29, 0.717) is 37.2 Å². The fourth-order valence-electron chi connectivity index (χ4n) is 1.15. The van der Waals surface area contributed by atoms with Crippen LogP contribution >= 0.6 is 0 Å². The first kappa shape index (κ1) is 12.6. The van der Waals surface area contributed by atoms with Gasteiger partial charge in [0.05, 0.1) is 19.8 Å². The highest BCUT2D eigenvalue weighted by molar-refractivity contribution is 5.46. The van der Waals surface area contributed by atoms with Crippen molar-refractivity contribution in [2.24, 2.45) is 5.84 Å². The van der Waals surface area contributed by atoms with Gasteiger partial charge in [-0.1, -0.05) is 0 Å². The lowest BCUT2D eigenvalue weighted by Crippen LogP contribution is -2.14. The Bertz CT molecular complexity index is 321. The summed E-state index contributed by atoms with van der Waals surface area (Å²) < 4.78 is 5.10. The molecular formula is C9H17N5O2. The van der Waals surface area contributed by atoms with E-state index in [1.165, 1.54) is 0 Å². The lowest BCUT2D eigenvalue weighted by molar-refractivity contribution is 0.0992. The smallest absolute Gasteiger partial charge is 0.145 e. The molecule has 0 aliphatic carbocycles. The summed E-state index contributed by atoms with van der Waals surface area (Å²) >= 11 is 0. The maximum absolute atomic E-state index is 8.50. The number of rotatable bonds is 7. The van der Waals surface area contributed by atoms with Crippen molar-refractivity contribution in [3.63, 3.8) is 0 Å². The van der Waals surface area contributed by atoms with Crippen LogP contribution in [0.3, 0.4) is 0 Å². The molecule has 0 amide bonds. The molecule has 16 heavy (non-hydrogen) atoms. The summed E-state index contributed by atoms with van der Waals surface area (Å²) in [5.74, 6) is 7.14. The molecule has 0 atom stereocenters. The number of aromatic nitrogens is 2. The van der Waals surface area contributed by atoms with Crippen LogP contribution in [-0.2, 0) is 4.74 Å². The van der Waals surface area contributed by atoms with Crippen LogP contribution in [0.1, 0.15) is 5.82 Å². The predicted molar refractivity (Wildman–Crippen MR) is 61.0 cm³/mol. The molecule has 1 heterocycles. The van der Waals surface area contributed by atoms with Gasteiger partial charge in [-0.15, -0.1) is 0 Å². The molecule has 0 aromatic carbocycles. The zero-order valence-corrected chi connectivity index (χ0v) is 9.23. The Kier molecular flexibility index (Phi) is 5.48. The van der Waals surface area contributed by atoms with Gasteiger partial charge < -0.3 is 20.6 Å². The van der Waals surface area contributed by atoms with Crippen LogP contribution in [-0.4, -0.2) is 41.4 Å². The first-order valence-corrected chi connectivity index (χ1v) is 5.01. The second kappa shape index (κ2) is 6.94. The molecule has 0 bridgehead atoms. The average Bonchev–Trinajstić information content (AvgIpc) is 2.28. The molecule has 0 radical (unpaired) electrons. The van der Waals surface area contributed by atoms with E-state index in [0.717, 1.165) is 0 Å². The van der Waals surface area contributed by atoms with Gasteiger partial charge in [-0.05, 0) is 6.92 Å². The fraction of sp³-hybridized carbons (Fsp3) is 0.556. The molecule has 1 aromatic heterocycles. The highest BCUT2D eigenvalue weighted by atomic mass is 16.5. The molecule has 0 saturated carbocycles. The van der Waals surface area contributed by atoms with Crippen LogP contribution in [0.2, 0.25) is 0 Å². The normalized spacial score (nSPS) is 10.2. The zero-order valence-electron chi connectivity index (χ0n) is 9.23. The average molecular weight is 227 g/mol. The second-order valence-corrected chi connectivity index (χ2v) is 3.09. The SMILES string of the molecule is Cc1nc(NN)cc(NCCOCCO)n1. The van der Waals surface area contributed by atoms with Crippen LogP contribution in [0, 0.1) is 6.92 Å². The van der Waals surface area contributed by atoms with Crippen molar-refractivity contribution in [2.45, 2.75) is 6.92 Å². The molecule has 7 heteroatoms. The minimum absolute atomic E-state index is 0.0356. The van der Waals surface area contributed by atoms with Gasteiger partial charge in [-0.3, -0.25) is 0 Å². The van der Waals surface area contributed by atoms with Gasteiger partial charge >= 0.3 is 0 Å². The molecule has 0 unspecified atom stereocenters. The van der Waals surface area contributed by atoms with Crippen molar-refractivity contribution in [3.8, 4) is 0 Å². The Morgan fingerprint density at radius 1 is 1.38 bits per heavy atom. The number of hydrogen-bond acceptors (Lipinski definition) is 7. The van der Waals surface area contributed by atoms with Crippen LogP contribution in [0.15, 0.2) is 6.07 Å². The summed E-state index contributed by atoms with van der Waals surface area (Å²) in [4.78, 5) is 8.24. The Balaban J connectivity index is 2.38. The van der Waals surface area contributed by atoms with Gasteiger partial charge in [0.1, 0.15) is 17.5 Å². The van der Waals surface area contributed by atoms with E-state index in [1.807, 2.05) is 0 Å². The lowest BCUT2D eigenvalue weighted by Gasteiger charge is -2.08. The number of hydrazine groups is 1. The van der Waals surface area contributed by atoms with Crippen LogP contribution < -0.4 is 16.6 Å². The predicted octanol–water partition coefficient (Wildman–Crippen LogP) is -0.509. The Morgan fingerprint density at radius 3 is 2.81 bits per heavy atom. The van der Waals surface area contributed by atoms with E-state index < -0.39 is 0 Å². The van der Waals surface area contributed by atoms with Crippen LogP contribution in [0.25, 0.3) is 0 Å². The van der Waals surface area contributed by atoms with E-state index in [1.54, 1.807) is 13.0 Å². The second-order valence-electron chi connectivity index (χ2n) is 3.09.